The molecule has 1 aromatic rings. The van der Waals surface area contributed by atoms with Gasteiger partial charge < -0.3 is 19.5 Å². The number of hydrogen-bond acceptors (Lipinski definition) is 7. The number of carboxylic acid groups (broad SMARTS) is 1. The molecule has 1 N–H and O–H groups in total. The molecule has 0 aliphatic carbocycles. The predicted octanol–water partition coefficient (Wildman–Crippen LogP) is 2.23. The first-order valence-corrected chi connectivity index (χ1v) is 9.98. The molecular formula is C19H22N2O6S2. The van der Waals surface area contributed by atoms with Crippen molar-refractivity contribution in [3.05, 3.63) is 28.7 Å². The summed E-state index contributed by atoms with van der Waals surface area (Å²) in [6.45, 7) is 3.38. The van der Waals surface area contributed by atoms with Crippen molar-refractivity contribution < 1.29 is 29.0 Å². The molecule has 1 aliphatic heterocycles. The van der Waals surface area contributed by atoms with E-state index in [1.54, 1.807) is 45.3 Å². The highest BCUT2D eigenvalue weighted by Gasteiger charge is 2.33. The third-order valence-electron chi connectivity index (χ3n) is 3.82. The highest BCUT2D eigenvalue weighted by atomic mass is 32.2. The third-order valence-corrected chi connectivity index (χ3v) is 5.20. The maximum atomic E-state index is 12.4. The van der Waals surface area contributed by atoms with Gasteiger partial charge in [-0.05, 0) is 37.6 Å². The molecule has 8 nitrogen and oxygen atoms in total. The second kappa shape index (κ2) is 9.75. The number of nitrogens with zero attached hydrogens (tertiary/aromatic N) is 2. The minimum Gasteiger partial charge on any atom is -0.490 e. The van der Waals surface area contributed by atoms with E-state index in [1.165, 1.54) is 4.90 Å². The molecule has 2 rings (SSSR count). The summed E-state index contributed by atoms with van der Waals surface area (Å²) in [5, 5.41) is 8.92. The summed E-state index contributed by atoms with van der Waals surface area (Å²) in [6.07, 6.45) is 0.921. The van der Waals surface area contributed by atoms with E-state index in [0.29, 0.717) is 28.6 Å². The first-order valence-electron chi connectivity index (χ1n) is 8.75. The van der Waals surface area contributed by atoms with Gasteiger partial charge in [0.25, 0.3) is 11.8 Å². The normalized spacial score (nSPS) is 16.1. The summed E-state index contributed by atoms with van der Waals surface area (Å²) in [5.41, 5.74) is 0.656. The van der Waals surface area contributed by atoms with Gasteiger partial charge in [-0.1, -0.05) is 30.0 Å². The highest BCUT2D eigenvalue weighted by molar-refractivity contribution is 8.26. The Kier molecular flexibility index (Phi) is 7.63. The monoisotopic (exact) mass is 438 g/mol. The molecule has 1 aliphatic rings. The Morgan fingerprint density at radius 3 is 2.62 bits per heavy atom. The standard InChI is InChI=1S/C19H22N2O6S2/c1-5-26-14-8-12(6-7-13(14)27-11(2)17(24)20(3)4)9-15-18(25)21(10-16(22)23)19(28)29-15/h6-9,11H,5,10H2,1-4H3,(H,22,23)/b15-9+. The van der Waals surface area contributed by atoms with Crippen molar-refractivity contribution in [2.75, 3.05) is 27.2 Å². The second-order valence-electron chi connectivity index (χ2n) is 6.29. The number of thioether (sulfide) groups is 1. The van der Waals surface area contributed by atoms with E-state index >= 15 is 0 Å². The van der Waals surface area contributed by atoms with E-state index in [4.69, 9.17) is 26.8 Å². The lowest BCUT2D eigenvalue weighted by atomic mass is 10.1. The van der Waals surface area contributed by atoms with Crippen LogP contribution in [0.15, 0.2) is 23.1 Å². The quantitative estimate of drug-likeness (QED) is 0.488. The van der Waals surface area contributed by atoms with Crippen molar-refractivity contribution in [3.63, 3.8) is 0 Å². The largest absolute Gasteiger partial charge is 0.490 e. The maximum absolute atomic E-state index is 12.4. The SMILES string of the molecule is CCOc1cc(/C=C2/SC(=S)N(CC(=O)O)C2=O)ccc1OC(C)C(=O)N(C)C. The van der Waals surface area contributed by atoms with Crippen LogP contribution in [0.4, 0.5) is 0 Å². The van der Waals surface area contributed by atoms with Crippen LogP contribution in [0.2, 0.25) is 0 Å². The molecule has 1 heterocycles. The summed E-state index contributed by atoms with van der Waals surface area (Å²) in [7, 11) is 3.30. The molecule has 0 saturated carbocycles. The number of aliphatic carboxylic acids is 1. The molecule has 0 radical (unpaired) electrons. The summed E-state index contributed by atoms with van der Waals surface area (Å²) in [5.74, 6) is -0.931. The van der Waals surface area contributed by atoms with Gasteiger partial charge in [0.2, 0.25) is 0 Å². The van der Waals surface area contributed by atoms with Crippen LogP contribution in [0.5, 0.6) is 11.5 Å². The molecule has 0 spiro atoms. The van der Waals surface area contributed by atoms with E-state index < -0.39 is 24.5 Å². The van der Waals surface area contributed by atoms with Gasteiger partial charge in [-0.3, -0.25) is 19.3 Å². The Balaban J connectivity index is 2.27. The minimum atomic E-state index is -1.14. The molecule has 0 bridgehead atoms. The second-order valence-corrected chi connectivity index (χ2v) is 7.97. The van der Waals surface area contributed by atoms with Crippen LogP contribution in [0.3, 0.4) is 0 Å². The Hall–Kier alpha value is -2.59. The molecule has 0 aromatic heterocycles. The van der Waals surface area contributed by atoms with Gasteiger partial charge >= 0.3 is 5.97 Å². The summed E-state index contributed by atoms with van der Waals surface area (Å²) in [4.78, 5) is 38.2. The molecule has 1 atom stereocenters. The van der Waals surface area contributed by atoms with Gasteiger partial charge in [-0.2, -0.15) is 0 Å². The van der Waals surface area contributed by atoms with Crippen molar-refractivity contribution in [1.29, 1.82) is 0 Å². The fourth-order valence-electron chi connectivity index (χ4n) is 2.51. The molecule has 29 heavy (non-hydrogen) atoms. The zero-order valence-electron chi connectivity index (χ0n) is 16.5. The van der Waals surface area contributed by atoms with Crippen molar-refractivity contribution in [2.24, 2.45) is 0 Å². The number of carboxylic acids is 1. The molecule has 156 valence electrons. The smallest absolute Gasteiger partial charge is 0.323 e. The molecule has 2 amide bonds. The van der Waals surface area contributed by atoms with Gasteiger partial charge in [0.1, 0.15) is 10.9 Å². The topological polar surface area (TPSA) is 96.4 Å². The molecule has 1 unspecified atom stereocenters. The molecule has 10 heteroatoms. The molecule has 1 fully saturated rings. The van der Waals surface area contributed by atoms with Crippen LogP contribution >= 0.6 is 24.0 Å². The molecule has 1 saturated heterocycles. The van der Waals surface area contributed by atoms with Crippen molar-refractivity contribution in [3.8, 4) is 11.5 Å². The number of ether oxygens (including phenoxy) is 2. The van der Waals surface area contributed by atoms with Gasteiger partial charge in [-0.15, -0.1) is 0 Å². The number of thiocarbonyl (C=S) groups is 1. The Bertz CT molecular complexity index is 868. The lowest BCUT2D eigenvalue weighted by molar-refractivity contribution is -0.140. The Morgan fingerprint density at radius 2 is 2.03 bits per heavy atom. The minimum absolute atomic E-state index is 0.182. The summed E-state index contributed by atoms with van der Waals surface area (Å²) >= 11 is 6.14. The van der Waals surface area contributed by atoms with Gasteiger partial charge in [-0.25, -0.2) is 0 Å². The first kappa shape index (κ1) is 22.7. The van der Waals surface area contributed by atoms with Crippen LogP contribution in [0.1, 0.15) is 19.4 Å². The van der Waals surface area contributed by atoms with Crippen molar-refractivity contribution in [1.82, 2.24) is 9.80 Å². The van der Waals surface area contributed by atoms with Gasteiger partial charge in [0, 0.05) is 14.1 Å². The lowest BCUT2D eigenvalue weighted by Crippen LogP contribution is -2.35. The zero-order chi connectivity index (χ0) is 21.7. The summed E-state index contributed by atoms with van der Waals surface area (Å²) < 4.78 is 11.6. The number of likely N-dealkylation sites (N-methyl/N-ethyl adjacent to an activating group) is 1. The van der Waals surface area contributed by atoms with Gasteiger partial charge in [0.15, 0.2) is 17.6 Å². The fourth-order valence-corrected chi connectivity index (χ4v) is 3.76. The van der Waals surface area contributed by atoms with Crippen LogP contribution in [0, 0.1) is 0 Å². The Labute approximate surface area is 178 Å². The van der Waals surface area contributed by atoms with E-state index in [0.717, 1.165) is 16.7 Å². The van der Waals surface area contributed by atoms with E-state index in [9.17, 15) is 14.4 Å². The third kappa shape index (κ3) is 5.70. The van der Waals surface area contributed by atoms with E-state index in [1.807, 2.05) is 6.92 Å². The van der Waals surface area contributed by atoms with E-state index in [2.05, 4.69) is 0 Å². The predicted molar refractivity (Wildman–Crippen MR) is 114 cm³/mol. The number of amides is 2. The average Bonchev–Trinajstić information content (AvgIpc) is 2.90. The van der Waals surface area contributed by atoms with Crippen molar-refractivity contribution in [2.45, 2.75) is 20.0 Å². The number of carbonyl (C=O) groups excluding carboxylic acids is 2. The zero-order valence-corrected chi connectivity index (χ0v) is 18.1. The highest BCUT2D eigenvalue weighted by Crippen LogP contribution is 2.35. The number of rotatable bonds is 8. The number of carbonyl (C=O) groups is 3. The summed E-state index contributed by atoms with van der Waals surface area (Å²) in [6, 6.07) is 5.07. The number of hydrogen-bond donors (Lipinski definition) is 1. The Morgan fingerprint density at radius 1 is 1.34 bits per heavy atom. The maximum Gasteiger partial charge on any atom is 0.323 e. The first-order chi connectivity index (χ1) is 13.6. The van der Waals surface area contributed by atoms with Crippen molar-refractivity contribution >= 4 is 52.2 Å². The van der Waals surface area contributed by atoms with Crippen LogP contribution < -0.4 is 9.47 Å². The van der Waals surface area contributed by atoms with E-state index in [-0.39, 0.29) is 10.2 Å². The lowest BCUT2D eigenvalue weighted by Gasteiger charge is -2.20. The van der Waals surface area contributed by atoms with Crippen LogP contribution in [-0.2, 0) is 14.4 Å². The molecule has 1 aromatic carbocycles. The average molecular weight is 439 g/mol. The van der Waals surface area contributed by atoms with Gasteiger partial charge in [0.05, 0.1) is 11.5 Å². The van der Waals surface area contributed by atoms with Crippen LogP contribution in [-0.4, -0.2) is 70.4 Å². The molecular weight excluding hydrogens is 416 g/mol. The van der Waals surface area contributed by atoms with Crippen LogP contribution in [0.25, 0.3) is 6.08 Å². The number of benzene rings is 1. The fraction of sp³-hybridized carbons (Fsp3) is 0.368.